The Bertz CT molecular complexity index is 528. The van der Waals surface area contributed by atoms with Crippen molar-refractivity contribution in [1.82, 2.24) is 10.6 Å². The van der Waals surface area contributed by atoms with Gasteiger partial charge in [-0.2, -0.15) is 0 Å². The van der Waals surface area contributed by atoms with Gasteiger partial charge in [0.15, 0.2) is 0 Å². The van der Waals surface area contributed by atoms with E-state index >= 15 is 0 Å². The van der Waals surface area contributed by atoms with Gasteiger partial charge in [-0.05, 0) is 31.0 Å². The number of amides is 3. The van der Waals surface area contributed by atoms with E-state index in [1.54, 1.807) is 0 Å². The molecule has 0 aliphatic carbocycles. The van der Waals surface area contributed by atoms with Crippen molar-refractivity contribution in [2.24, 2.45) is 0 Å². The summed E-state index contributed by atoms with van der Waals surface area (Å²) in [5, 5.41) is 15.5. The Labute approximate surface area is 116 Å². The standard InChI is InChI=1S/C13H17N3O4/c1-8-3-4-9(2)10(5-8)16-13(20)15-6-11(17)14-7-12(18)19/h3-5H,6-7H2,1-2H3,(H,14,17)(H,18,19)(H2,15,16,20). The number of urea groups is 1. The molecule has 4 N–H and O–H groups in total. The van der Waals surface area contributed by atoms with E-state index in [-0.39, 0.29) is 6.54 Å². The van der Waals surface area contributed by atoms with Crippen molar-refractivity contribution in [2.45, 2.75) is 13.8 Å². The fourth-order valence-electron chi connectivity index (χ4n) is 1.43. The molecule has 0 aliphatic heterocycles. The second-order valence-corrected chi connectivity index (χ2v) is 4.30. The molecule has 7 heteroatoms. The van der Waals surface area contributed by atoms with Gasteiger partial charge in [-0.1, -0.05) is 12.1 Å². The lowest BCUT2D eigenvalue weighted by Gasteiger charge is -2.10. The average molecular weight is 279 g/mol. The summed E-state index contributed by atoms with van der Waals surface area (Å²) in [5.41, 5.74) is 2.57. The summed E-state index contributed by atoms with van der Waals surface area (Å²) in [6, 6.07) is 5.10. The third-order valence-corrected chi connectivity index (χ3v) is 2.49. The van der Waals surface area contributed by atoms with E-state index in [4.69, 9.17) is 5.11 Å². The molecule has 7 nitrogen and oxygen atoms in total. The zero-order valence-corrected chi connectivity index (χ0v) is 11.3. The molecule has 0 radical (unpaired) electrons. The summed E-state index contributed by atoms with van der Waals surface area (Å²) in [7, 11) is 0. The van der Waals surface area contributed by atoms with E-state index in [2.05, 4.69) is 16.0 Å². The average Bonchev–Trinajstić information content (AvgIpc) is 2.38. The van der Waals surface area contributed by atoms with Gasteiger partial charge in [0.1, 0.15) is 6.54 Å². The molecule has 20 heavy (non-hydrogen) atoms. The fourth-order valence-corrected chi connectivity index (χ4v) is 1.43. The van der Waals surface area contributed by atoms with Gasteiger partial charge in [0.2, 0.25) is 5.91 Å². The topological polar surface area (TPSA) is 108 Å². The van der Waals surface area contributed by atoms with E-state index in [0.717, 1.165) is 11.1 Å². The predicted octanol–water partition coefficient (Wildman–Crippen LogP) is 0.626. The summed E-state index contributed by atoms with van der Waals surface area (Å²) in [5.74, 6) is -1.71. The summed E-state index contributed by atoms with van der Waals surface area (Å²) in [6.45, 7) is 3.00. The third kappa shape index (κ3) is 5.38. The summed E-state index contributed by atoms with van der Waals surface area (Å²) >= 11 is 0. The van der Waals surface area contributed by atoms with Crippen molar-refractivity contribution in [3.63, 3.8) is 0 Å². The number of carbonyl (C=O) groups excluding carboxylic acids is 2. The van der Waals surface area contributed by atoms with Crippen LogP contribution in [-0.2, 0) is 9.59 Å². The Kier molecular flexibility index (Phi) is 5.52. The first-order valence-electron chi connectivity index (χ1n) is 5.99. The van der Waals surface area contributed by atoms with Crippen LogP contribution >= 0.6 is 0 Å². The highest BCUT2D eigenvalue weighted by atomic mass is 16.4. The molecule has 0 saturated carbocycles. The molecular weight excluding hydrogens is 262 g/mol. The van der Waals surface area contributed by atoms with Crippen LogP contribution in [0.15, 0.2) is 18.2 Å². The molecule has 0 spiro atoms. The van der Waals surface area contributed by atoms with Gasteiger partial charge in [-0.3, -0.25) is 9.59 Å². The van der Waals surface area contributed by atoms with Crippen LogP contribution in [0.25, 0.3) is 0 Å². The van der Waals surface area contributed by atoms with Crippen LogP contribution in [0.1, 0.15) is 11.1 Å². The lowest BCUT2D eigenvalue weighted by Crippen LogP contribution is -2.40. The van der Waals surface area contributed by atoms with E-state index in [9.17, 15) is 14.4 Å². The lowest BCUT2D eigenvalue weighted by molar-refractivity contribution is -0.137. The maximum Gasteiger partial charge on any atom is 0.322 e. The highest BCUT2D eigenvalue weighted by Crippen LogP contribution is 2.15. The number of hydrogen-bond acceptors (Lipinski definition) is 3. The summed E-state index contributed by atoms with van der Waals surface area (Å²) in [6.07, 6.45) is 0. The third-order valence-electron chi connectivity index (χ3n) is 2.49. The molecule has 1 rings (SSSR count). The van der Waals surface area contributed by atoms with Crippen LogP contribution < -0.4 is 16.0 Å². The van der Waals surface area contributed by atoms with Crippen molar-refractivity contribution >= 4 is 23.6 Å². The van der Waals surface area contributed by atoms with Gasteiger partial charge in [0.05, 0.1) is 6.54 Å². The van der Waals surface area contributed by atoms with Gasteiger partial charge < -0.3 is 21.1 Å². The second-order valence-electron chi connectivity index (χ2n) is 4.30. The number of rotatable bonds is 5. The zero-order chi connectivity index (χ0) is 15.1. The Hall–Kier alpha value is -2.57. The van der Waals surface area contributed by atoms with Gasteiger partial charge in [-0.15, -0.1) is 0 Å². The fraction of sp³-hybridized carbons (Fsp3) is 0.308. The first-order valence-corrected chi connectivity index (χ1v) is 5.99. The quantitative estimate of drug-likeness (QED) is 0.634. The molecule has 0 aromatic heterocycles. The highest BCUT2D eigenvalue weighted by Gasteiger charge is 2.08. The van der Waals surface area contributed by atoms with Crippen LogP contribution in [-0.4, -0.2) is 36.1 Å². The van der Waals surface area contributed by atoms with E-state index < -0.39 is 24.5 Å². The van der Waals surface area contributed by atoms with Crippen molar-refractivity contribution in [3.8, 4) is 0 Å². The second kappa shape index (κ2) is 7.13. The number of aliphatic carboxylic acids is 1. The van der Waals surface area contributed by atoms with E-state index in [1.165, 1.54) is 0 Å². The normalized spacial score (nSPS) is 9.70. The minimum atomic E-state index is -1.14. The number of benzene rings is 1. The lowest BCUT2D eigenvalue weighted by atomic mass is 10.1. The van der Waals surface area contributed by atoms with Crippen LogP contribution in [0.4, 0.5) is 10.5 Å². The van der Waals surface area contributed by atoms with Crippen molar-refractivity contribution in [1.29, 1.82) is 0 Å². The SMILES string of the molecule is Cc1ccc(C)c(NC(=O)NCC(=O)NCC(=O)O)c1. The molecule has 0 heterocycles. The number of hydrogen-bond donors (Lipinski definition) is 4. The smallest absolute Gasteiger partial charge is 0.322 e. The molecule has 0 unspecified atom stereocenters. The van der Waals surface area contributed by atoms with Crippen LogP contribution in [0, 0.1) is 13.8 Å². The first-order chi connectivity index (χ1) is 9.38. The number of carboxylic acid groups (broad SMARTS) is 1. The molecule has 0 aliphatic rings. The van der Waals surface area contributed by atoms with Crippen LogP contribution in [0.5, 0.6) is 0 Å². The first kappa shape index (κ1) is 15.5. The molecule has 1 aromatic carbocycles. The molecule has 0 bridgehead atoms. The van der Waals surface area contributed by atoms with Crippen molar-refractivity contribution in [3.05, 3.63) is 29.3 Å². The maximum absolute atomic E-state index is 11.6. The van der Waals surface area contributed by atoms with Gasteiger partial charge in [0, 0.05) is 5.69 Å². The Morgan fingerprint density at radius 1 is 1.10 bits per heavy atom. The monoisotopic (exact) mass is 279 g/mol. The molecular formula is C13H17N3O4. The molecule has 108 valence electrons. The van der Waals surface area contributed by atoms with Gasteiger partial charge in [0.25, 0.3) is 0 Å². The molecule has 0 fully saturated rings. The minimum Gasteiger partial charge on any atom is -0.480 e. The van der Waals surface area contributed by atoms with Gasteiger partial charge >= 0.3 is 12.0 Å². The number of nitrogens with one attached hydrogen (secondary N) is 3. The van der Waals surface area contributed by atoms with E-state index in [1.807, 2.05) is 32.0 Å². The number of carbonyl (C=O) groups is 3. The predicted molar refractivity (Wildman–Crippen MR) is 73.6 cm³/mol. The summed E-state index contributed by atoms with van der Waals surface area (Å²) in [4.78, 5) is 33.0. The molecule has 0 saturated heterocycles. The van der Waals surface area contributed by atoms with E-state index in [0.29, 0.717) is 5.69 Å². The van der Waals surface area contributed by atoms with Gasteiger partial charge in [-0.25, -0.2) is 4.79 Å². The Morgan fingerprint density at radius 2 is 1.80 bits per heavy atom. The Balaban J connectivity index is 2.42. The number of anilines is 1. The largest absolute Gasteiger partial charge is 0.480 e. The van der Waals surface area contributed by atoms with Crippen LogP contribution in [0.3, 0.4) is 0 Å². The highest BCUT2D eigenvalue weighted by molar-refractivity contribution is 5.93. The molecule has 3 amide bonds. The molecule has 0 atom stereocenters. The van der Waals surface area contributed by atoms with Crippen molar-refractivity contribution < 1.29 is 19.5 Å². The number of aryl methyl sites for hydroxylation is 2. The molecule has 1 aromatic rings. The Morgan fingerprint density at radius 3 is 2.45 bits per heavy atom. The van der Waals surface area contributed by atoms with Crippen molar-refractivity contribution in [2.75, 3.05) is 18.4 Å². The number of carboxylic acids is 1. The zero-order valence-electron chi connectivity index (χ0n) is 11.3. The van der Waals surface area contributed by atoms with Crippen LogP contribution in [0.2, 0.25) is 0 Å². The minimum absolute atomic E-state index is 0.288. The summed E-state index contributed by atoms with van der Waals surface area (Å²) < 4.78 is 0. The maximum atomic E-state index is 11.6.